The number of morpholine rings is 1. The molecule has 0 aliphatic carbocycles. The number of aliphatic hydroxyl groups excluding tert-OH is 1. The number of benzene rings is 2. The molecule has 2 aromatic carbocycles. The Kier molecular flexibility index (Phi) is 8.14. The summed E-state index contributed by atoms with van der Waals surface area (Å²) in [6.07, 6.45) is 0.691. The quantitative estimate of drug-likeness (QED) is 0.245. The Hall–Kier alpha value is -3.88. The number of carbonyl (C=O) groups excluding carboxylic acids is 2. The molecule has 1 amide bonds. The number of furan rings is 1. The SMILES string of the molecule is Cc1ccc([C@H]2/C(=C(\O)c3ccc(OCc4ccccc4C)cc3)C(=O)C(=O)N2CCCN2CCOCC2)o1. The lowest BCUT2D eigenvalue weighted by molar-refractivity contribution is -0.140. The summed E-state index contributed by atoms with van der Waals surface area (Å²) >= 11 is 0. The molecule has 3 aromatic rings. The van der Waals surface area contributed by atoms with Gasteiger partial charge in [-0.1, -0.05) is 24.3 Å². The van der Waals surface area contributed by atoms with E-state index in [9.17, 15) is 14.7 Å². The van der Waals surface area contributed by atoms with E-state index in [0.717, 1.165) is 30.8 Å². The maximum Gasteiger partial charge on any atom is 0.295 e. The average molecular weight is 531 g/mol. The Morgan fingerprint density at radius 3 is 2.41 bits per heavy atom. The van der Waals surface area contributed by atoms with E-state index >= 15 is 0 Å². The molecule has 2 fully saturated rings. The Morgan fingerprint density at radius 1 is 0.974 bits per heavy atom. The Morgan fingerprint density at radius 2 is 1.72 bits per heavy atom. The Bertz CT molecular complexity index is 1350. The zero-order chi connectivity index (χ0) is 27.4. The van der Waals surface area contributed by atoms with Crippen LogP contribution in [-0.4, -0.2) is 66.0 Å². The molecule has 2 aliphatic heterocycles. The van der Waals surface area contributed by atoms with Gasteiger partial charge in [-0.2, -0.15) is 0 Å². The highest BCUT2D eigenvalue weighted by Crippen LogP contribution is 2.40. The molecule has 5 rings (SSSR count). The Labute approximate surface area is 228 Å². The molecule has 0 spiro atoms. The minimum atomic E-state index is -0.791. The summed E-state index contributed by atoms with van der Waals surface area (Å²) in [5.41, 5.74) is 2.70. The largest absolute Gasteiger partial charge is 0.507 e. The topological polar surface area (TPSA) is 92.5 Å². The Balaban J connectivity index is 1.36. The number of hydrogen-bond donors (Lipinski definition) is 1. The molecule has 2 aliphatic rings. The standard InChI is InChI=1S/C31H34N2O6/c1-21-6-3-4-7-24(21)20-38-25-11-9-23(10-12-25)29(34)27-28(26-13-8-22(2)39-26)33(31(36)30(27)35)15-5-14-32-16-18-37-19-17-32/h3-4,6-13,28,34H,5,14-20H2,1-2H3/b29-27+/t28-/m0/s1. The summed E-state index contributed by atoms with van der Waals surface area (Å²) < 4.78 is 17.2. The summed E-state index contributed by atoms with van der Waals surface area (Å²) in [6.45, 7) is 8.53. The van der Waals surface area contributed by atoms with Crippen LogP contribution in [0.1, 0.15) is 40.7 Å². The molecule has 1 aromatic heterocycles. The number of aryl methyl sites for hydroxylation is 2. The number of rotatable bonds is 9. The number of Topliss-reactive ketones (excluding diaryl/α,β-unsaturated/α-hetero) is 1. The molecule has 2 saturated heterocycles. The van der Waals surface area contributed by atoms with Gasteiger partial charge in [0.2, 0.25) is 0 Å². The summed E-state index contributed by atoms with van der Waals surface area (Å²) in [7, 11) is 0. The lowest BCUT2D eigenvalue weighted by atomic mass is 9.99. The molecule has 204 valence electrons. The fourth-order valence-corrected chi connectivity index (χ4v) is 5.09. The van der Waals surface area contributed by atoms with E-state index in [2.05, 4.69) is 4.90 Å². The maximum atomic E-state index is 13.2. The third-order valence-corrected chi connectivity index (χ3v) is 7.33. The summed E-state index contributed by atoms with van der Waals surface area (Å²) in [5, 5.41) is 11.3. The summed E-state index contributed by atoms with van der Waals surface area (Å²) in [5.74, 6) is 0.190. The number of likely N-dealkylation sites (tertiary alicyclic amines) is 1. The number of nitrogens with zero attached hydrogens (tertiary/aromatic N) is 2. The monoisotopic (exact) mass is 530 g/mol. The lowest BCUT2D eigenvalue weighted by Crippen LogP contribution is -2.38. The summed E-state index contributed by atoms with van der Waals surface area (Å²) in [6, 6.07) is 17.7. The molecule has 0 radical (unpaired) electrons. The van der Waals surface area contributed by atoms with Crippen LogP contribution in [0.3, 0.4) is 0 Å². The van der Waals surface area contributed by atoms with Crippen molar-refractivity contribution in [3.63, 3.8) is 0 Å². The van der Waals surface area contributed by atoms with Gasteiger partial charge < -0.3 is 23.9 Å². The summed E-state index contributed by atoms with van der Waals surface area (Å²) in [4.78, 5) is 30.2. The van der Waals surface area contributed by atoms with Crippen molar-refractivity contribution in [3.05, 3.63) is 94.4 Å². The third-order valence-electron chi connectivity index (χ3n) is 7.33. The molecule has 8 nitrogen and oxygen atoms in total. The van der Waals surface area contributed by atoms with Crippen molar-refractivity contribution in [2.45, 2.75) is 32.9 Å². The number of carbonyl (C=O) groups is 2. The van der Waals surface area contributed by atoms with Gasteiger partial charge in [-0.05, 0) is 67.8 Å². The van der Waals surface area contributed by atoms with Crippen LogP contribution in [0.2, 0.25) is 0 Å². The van der Waals surface area contributed by atoms with E-state index in [1.54, 1.807) is 36.4 Å². The van der Waals surface area contributed by atoms with E-state index < -0.39 is 17.7 Å². The fraction of sp³-hybridized carbons (Fsp3) is 0.355. The first-order valence-electron chi connectivity index (χ1n) is 13.3. The first-order chi connectivity index (χ1) is 18.9. The molecule has 0 unspecified atom stereocenters. The van der Waals surface area contributed by atoms with Crippen LogP contribution in [0.25, 0.3) is 5.76 Å². The van der Waals surface area contributed by atoms with Gasteiger partial charge in [0.1, 0.15) is 35.7 Å². The highest BCUT2D eigenvalue weighted by Gasteiger charge is 2.47. The second-order valence-electron chi connectivity index (χ2n) is 9.99. The highest BCUT2D eigenvalue weighted by atomic mass is 16.5. The van der Waals surface area contributed by atoms with Crippen LogP contribution >= 0.6 is 0 Å². The maximum absolute atomic E-state index is 13.2. The van der Waals surface area contributed by atoms with E-state index in [-0.39, 0.29) is 11.3 Å². The van der Waals surface area contributed by atoms with E-state index in [1.807, 2.05) is 38.1 Å². The van der Waals surface area contributed by atoms with Crippen LogP contribution in [0, 0.1) is 13.8 Å². The second kappa shape index (κ2) is 11.9. The minimum Gasteiger partial charge on any atom is -0.507 e. The number of ketones is 1. The van der Waals surface area contributed by atoms with Crippen molar-refractivity contribution in [2.75, 3.05) is 39.4 Å². The molecule has 1 atom stereocenters. The van der Waals surface area contributed by atoms with E-state index in [1.165, 1.54) is 4.90 Å². The number of amides is 1. The first-order valence-corrected chi connectivity index (χ1v) is 13.3. The smallest absolute Gasteiger partial charge is 0.295 e. The third kappa shape index (κ3) is 5.92. The van der Waals surface area contributed by atoms with Crippen molar-refractivity contribution in [2.24, 2.45) is 0 Å². The lowest BCUT2D eigenvalue weighted by Gasteiger charge is -2.28. The van der Waals surface area contributed by atoms with Crippen molar-refractivity contribution < 1.29 is 28.6 Å². The van der Waals surface area contributed by atoms with Gasteiger partial charge in [0.05, 0.1) is 18.8 Å². The van der Waals surface area contributed by atoms with Crippen LogP contribution in [0.4, 0.5) is 0 Å². The number of hydrogen-bond acceptors (Lipinski definition) is 7. The van der Waals surface area contributed by atoms with E-state index in [0.29, 0.717) is 55.6 Å². The van der Waals surface area contributed by atoms with Gasteiger partial charge in [0.15, 0.2) is 0 Å². The van der Waals surface area contributed by atoms with Crippen LogP contribution in [-0.2, 0) is 20.9 Å². The molecule has 0 bridgehead atoms. The van der Waals surface area contributed by atoms with E-state index in [4.69, 9.17) is 13.9 Å². The van der Waals surface area contributed by atoms with Gasteiger partial charge in [0.25, 0.3) is 11.7 Å². The van der Waals surface area contributed by atoms with Crippen molar-refractivity contribution in [3.8, 4) is 5.75 Å². The average Bonchev–Trinajstić information content (AvgIpc) is 3.49. The van der Waals surface area contributed by atoms with Crippen molar-refractivity contribution in [1.29, 1.82) is 0 Å². The van der Waals surface area contributed by atoms with Crippen LogP contribution in [0.5, 0.6) is 5.75 Å². The van der Waals surface area contributed by atoms with Gasteiger partial charge in [-0.3, -0.25) is 14.5 Å². The molecule has 1 N–H and O–H groups in total. The fourth-order valence-electron chi connectivity index (χ4n) is 5.09. The normalized spacial score (nSPS) is 19.5. The molecule has 8 heteroatoms. The van der Waals surface area contributed by atoms with Crippen molar-refractivity contribution in [1.82, 2.24) is 9.80 Å². The van der Waals surface area contributed by atoms with Gasteiger partial charge in [0, 0.05) is 31.7 Å². The minimum absolute atomic E-state index is 0.0364. The molecular formula is C31H34N2O6. The number of ether oxygens (including phenoxy) is 2. The van der Waals surface area contributed by atoms with Crippen LogP contribution < -0.4 is 4.74 Å². The first kappa shape index (κ1) is 26.7. The zero-order valence-corrected chi connectivity index (χ0v) is 22.4. The van der Waals surface area contributed by atoms with Crippen LogP contribution in [0.15, 0.2) is 70.7 Å². The molecule has 0 saturated carbocycles. The molecular weight excluding hydrogens is 496 g/mol. The van der Waals surface area contributed by atoms with Gasteiger partial charge in [-0.25, -0.2) is 0 Å². The van der Waals surface area contributed by atoms with Crippen molar-refractivity contribution >= 4 is 17.4 Å². The van der Waals surface area contributed by atoms with Gasteiger partial charge >= 0.3 is 0 Å². The number of aliphatic hydroxyl groups is 1. The van der Waals surface area contributed by atoms with Gasteiger partial charge in [-0.15, -0.1) is 0 Å². The predicted octanol–water partition coefficient (Wildman–Crippen LogP) is 4.62. The predicted molar refractivity (Wildman–Crippen MR) is 146 cm³/mol. The molecule has 39 heavy (non-hydrogen) atoms. The second-order valence-corrected chi connectivity index (χ2v) is 9.99. The zero-order valence-electron chi connectivity index (χ0n) is 22.4. The highest BCUT2D eigenvalue weighted by molar-refractivity contribution is 6.46. The molecule has 3 heterocycles.